The van der Waals surface area contributed by atoms with Gasteiger partial charge in [-0.05, 0) is 12.1 Å². The smallest absolute Gasteiger partial charge is 0.219 e. The molecule has 3 aromatic heterocycles. The molecular formula is C24H27N7O2S. The Labute approximate surface area is 201 Å². The van der Waals surface area contributed by atoms with Crippen LogP contribution in [0.3, 0.4) is 0 Å². The van der Waals surface area contributed by atoms with Crippen molar-refractivity contribution in [2.45, 2.75) is 13.5 Å². The first-order valence-corrected chi connectivity index (χ1v) is 12.5. The number of benzene rings is 1. The Bertz CT molecular complexity index is 1340. The number of nitrogens with zero attached hydrogens (tertiary/aromatic N) is 6. The lowest BCUT2D eigenvalue weighted by molar-refractivity contribution is -0.130. The van der Waals surface area contributed by atoms with Crippen molar-refractivity contribution in [3.8, 4) is 11.4 Å². The molecule has 1 amide bonds. The molecule has 2 saturated heterocycles. The van der Waals surface area contributed by atoms with E-state index in [-0.39, 0.29) is 5.91 Å². The summed E-state index contributed by atoms with van der Waals surface area (Å²) in [5.74, 6) is 1.87. The number of amides is 1. The third kappa shape index (κ3) is 4.02. The number of rotatable bonds is 4. The van der Waals surface area contributed by atoms with Gasteiger partial charge in [0, 0.05) is 68.6 Å². The minimum absolute atomic E-state index is 0.159. The molecule has 6 rings (SSSR count). The maximum atomic E-state index is 11.7. The zero-order chi connectivity index (χ0) is 23.1. The van der Waals surface area contributed by atoms with Gasteiger partial charge in [0.25, 0.3) is 0 Å². The lowest BCUT2D eigenvalue weighted by atomic mass is 10.1. The first kappa shape index (κ1) is 21.5. The van der Waals surface area contributed by atoms with Crippen molar-refractivity contribution in [2.24, 2.45) is 0 Å². The molecule has 0 radical (unpaired) electrons. The summed E-state index contributed by atoms with van der Waals surface area (Å²) >= 11 is 1.78. The second kappa shape index (κ2) is 8.94. The molecule has 0 aliphatic carbocycles. The highest BCUT2D eigenvalue weighted by atomic mass is 32.1. The third-order valence-electron chi connectivity index (χ3n) is 6.64. The molecule has 1 aromatic carbocycles. The monoisotopic (exact) mass is 477 g/mol. The number of carbonyl (C=O) groups is 1. The average Bonchev–Trinajstić information content (AvgIpc) is 3.50. The van der Waals surface area contributed by atoms with E-state index >= 15 is 0 Å². The number of anilines is 1. The zero-order valence-electron chi connectivity index (χ0n) is 19.2. The summed E-state index contributed by atoms with van der Waals surface area (Å²) in [6.07, 6.45) is 1.84. The lowest BCUT2D eigenvalue weighted by Gasteiger charge is -2.33. The van der Waals surface area contributed by atoms with Gasteiger partial charge in [0.2, 0.25) is 5.91 Å². The van der Waals surface area contributed by atoms with Crippen molar-refractivity contribution >= 4 is 44.2 Å². The SMILES string of the molecule is CC(=O)N1CCN(Cc2cc3nc(-c4cccc5[nH]ncc45)nc(N4CCOCC4)c3s2)CC1. The number of nitrogens with one attached hydrogen (secondary N) is 1. The number of hydrogen-bond donors (Lipinski definition) is 1. The van der Waals surface area contributed by atoms with E-state index in [1.807, 2.05) is 23.2 Å². The number of aromatic amines is 1. The largest absolute Gasteiger partial charge is 0.378 e. The van der Waals surface area contributed by atoms with Crippen LogP contribution in [-0.4, -0.2) is 88.4 Å². The van der Waals surface area contributed by atoms with Crippen LogP contribution in [0.25, 0.3) is 32.5 Å². The van der Waals surface area contributed by atoms with Crippen molar-refractivity contribution < 1.29 is 9.53 Å². The van der Waals surface area contributed by atoms with E-state index in [2.05, 4.69) is 32.1 Å². The molecule has 2 aliphatic heterocycles. The van der Waals surface area contributed by atoms with E-state index < -0.39 is 0 Å². The number of fused-ring (bicyclic) bond motifs is 2. The number of ether oxygens (including phenoxy) is 1. The van der Waals surface area contributed by atoms with Crippen molar-refractivity contribution in [3.63, 3.8) is 0 Å². The normalized spacial score (nSPS) is 17.7. The van der Waals surface area contributed by atoms with Crippen LogP contribution in [0.2, 0.25) is 0 Å². The molecule has 0 unspecified atom stereocenters. The lowest BCUT2D eigenvalue weighted by Crippen LogP contribution is -2.47. The number of hydrogen-bond acceptors (Lipinski definition) is 8. The minimum atomic E-state index is 0.159. The van der Waals surface area contributed by atoms with Crippen LogP contribution in [-0.2, 0) is 16.1 Å². The average molecular weight is 478 g/mol. The summed E-state index contributed by atoms with van der Waals surface area (Å²) in [6, 6.07) is 8.30. The van der Waals surface area contributed by atoms with E-state index in [0.717, 1.165) is 84.1 Å². The van der Waals surface area contributed by atoms with E-state index in [1.165, 1.54) is 4.88 Å². The predicted octanol–water partition coefficient (Wildman–Crippen LogP) is 2.74. The van der Waals surface area contributed by atoms with Crippen LogP contribution < -0.4 is 4.90 Å². The molecule has 0 saturated carbocycles. The Kier molecular flexibility index (Phi) is 5.64. The maximum absolute atomic E-state index is 11.7. The Morgan fingerprint density at radius 1 is 1.12 bits per heavy atom. The summed E-state index contributed by atoms with van der Waals surface area (Å²) in [5.41, 5.74) is 2.94. The summed E-state index contributed by atoms with van der Waals surface area (Å²) in [4.78, 5) is 29.7. The highest BCUT2D eigenvalue weighted by molar-refractivity contribution is 7.19. The van der Waals surface area contributed by atoms with Gasteiger partial charge in [-0.3, -0.25) is 14.8 Å². The van der Waals surface area contributed by atoms with Crippen LogP contribution in [0.15, 0.2) is 30.5 Å². The molecular weight excluding hydrogens is 450 g/mol. The molecule has 1 N–H and O–H groups in total. The van der Waals surface area contributed by atoms with Gasteiger partial charge < -0.3 is 14.5 Å². The molecule has 176 valence electrons. The first-order chi connectivity index (χ1) is 16.7. The zero-order valence-corrected chi connectivity index (χ0v) is 20.0. The fraction of sp³-hybridized carbons (Fsp3) is 0.417. The van der Waals surface area contributed by atoms with Crippen LogP contribution in [0, 0.1) is 0 Å². The Morgan fingerprint density at radius 3 is 2.74 bits per heavy atom. The second-order valence-corrected chi connectivity index (χ2v) is 9.95. The Morgan fingerprint density at radius 2 is 1.94 bits per heavy atom. The molecule has 0 atom stereocenters. The van der Waals surface area contributed by atoms with Crippen molar-refractivity contribution in [2.75, 3.05) is 57.4 Å². The fourth-order valence-corrected chi connectivity index (χ4v) is 5.91. The van der Waals surface area contributed by atoms with Crippen LogP contribution >= 0.6 is 11.3 Å². The number of H-pyrrole nitrogens is 1. The molecule has 0 bridgehead atoms. The van der Waals surface area contributed by atoms with E-state index in [0.29, 0.717) is 13.2 Å². The summed E-state index contributed by atoms with van der Waals surface area (Å²) in [7, 11) is 0. The first-order valence-electron chi connectivity index (χ1n) is 11.7. The number of aromatic nitrogens is 4. The van der Waals surface area contributed by atoms with Gasteiger partial charge in [0.15, 0.2) is 11.6 Å². The Hall–Kier alpha value is -3.08. The van der Waals surface area contributed by atoms with Crippen molar-refractivity contribution in [1.82, 2.24) is 30.0 Å². The fourth-order valence-electron chi connectivity index (χ4n) is 4.76. The predicted molar refractivity (Wildman–Crippen MR) is 133 cm³/mol. The summed E-state index contributed by atoms with van der Waals surface area (Å²) in [5, 5.41) is 8.28. The number of morpholine rings is 1. The highest BCUT2D eigenvalue weighted by Crippen LogP contribution is 2.36. The standard InChI is InChI=1S/C24H27N7O2S/c1-16(32)30-7-5-29(6-8-30)15-17-13-21-22(34-17)24(31-9-11-33-12-10-31)27-23(26-21)18-3-2-4-20-19(18)14-25-28-20/h2-4,13-14H,5-12,15H2,1H3,(H,25,28). The quantitative estimate of drug-likeness (QED) is 0.483. The van der Waals surface area contributed by atoms with E-state index in [1.54, 1.807) is 18.3 Å². The maximum Gasteiger partial charge on any atom is 0.219 e. The van der Waals surface area contributed by atoms with Gasteiger partial charge in [-0.25, -0.2) is 9.97 Å². The molecule has 5 heterocycles. The van der Waals surface area contributed by atoms with Crippen molar-refractivity contribution in [1.29, 1.82) is 0 Å². The van der Waals surface area contributed by atoms with Gasteiger partial charge in [0.1, 0.15) is 0 Å². The van der Waals surface area contributed by atoms with Gasteiger partial charge in [-0.15, -0.1) is 11.3 Å². The third-order valence-corrected chi connectivity index (χ3v) is 7.74. The molecule has 9 nitrogen and oxygen atoms in total. The van der Waals surface area contributed by atoms with Gasteiger partial charge in [-0.1, -0.05) is 12.1 Å². The molecule has 0 spiro atoms. The van der Waals surface area contributed by atoms with Crippen molar-refractivity contribution in [3.05, 3.63) is 35.3 Å². The van der Waals surface area contributed by atoms with Crippen LogP contribution in [0.5, 0.6) is 0 Å². The summed E-state index contributed by atoms with van der Waals surface area (Å²) < 4.78 is 6.73. The topological polar surface area (TPSA) is 90.5 Å². The minimum Gasteiger partial charge on any atom is -0.378 e. The number of thiophene rings is 1. The van der Waals surface area contributed by atoms with Gasteiger partial charge in [0.05, 0.1) is 35.1 Å². The van der Waals surface area contributed by atoms with Crippen LogP contribution in [0.4, 0.5) is 5.82 Å². The molecule has 2 fully saturated rings. The molecule has 10 heteroatoms. The number of carbonyl (C=O) groups excluding carboxylic acids is 1. The number of piperazine rings is 1. The molecule has 4 aromatic rings. The van der Waals surface area contributed by atoms with E-state index in [4.69, 9.17) is 14.7 Å². The van der Waals surface area contributed by atoms with Gasteiger partial charge >= 0.3 is 0 Å². The van der Waals surface area contributed by atoms with Crippen LogP contribution in [0.1, 0.15) is 11.8 Å². The second-order valence-electron chi connectivity index (χ2n) is 8.82. The molecule has 2 aliphatic rings. The molecule has 34 heavy (non-hydrogen) atoms. The van der Waals surface area contributed by atoms with E-state index in [9.17, 15) is 4.79 Å². The Balaban J connectivity index is 1.37. The summed E-state index contributed by atoms with van der Waals surface area (Å²) in [6.45, 7) is 8.93. The van der Waals surface area contributed by atoms with Gasteiger partial charge in [-0.2, -0.15) is 5.10 Å². The highest BCUT2D eigenvalue weighted by Gasteiger charge is 2.23.